The fraction of sp³-hybridized carbons (Fsp3) is 0.533. The van der Waals surface area contributed by atoms with Crippen molar-refractivity contribution in [1.29, 1.82) is 0 Å². The van der Waals surface area contributed by atoms with E-state index < -0.39 is 0 Å². The molecule has 0 aliphatic heterocycles. The first-order valence-corrected chi connectivity index (χ1v) is 6.79. The number of hydrogen-bond acceptors (Lipinski definition) is 2. The van der Waals surface area contributed by atoms with Gasteiger partial charge in [-0.3, -0.25) is 4.79 Å². The molecule has 19 heavy (non-hydrogen) atoms. The van der Waals surface area contributed by atoms with Crippen LogP contribution >= 0.6 is 0 Å². The zero-order valence-corrected chi connectivity index (χ0v) is 11.6. The maximum atomic E-state index is 13.5. The van der Waals surface area contributed by atoms with Gasteiger partial charge < -0.3 is 10.6 Å². The average Bonchev–Trinajstić information content (AvgIpc) is 3.17. The summed E-state index contributed by atoms with van der Waals surface area (Å²) in [7, 11) is 0. The topological polar surface area (TPSA) is 41.1 Å². The van der Waals surface area contributed by atoms with Crippen LogP contribution in [0, 0.1) is 25.6 Å². The van der Waals surface area contributed by atoms with Gasteiger partial charge in [-0.15, -0.1) is 0 Å². The molecule has 2 N–H and O–H groups in total. The molecule has 0 radical (unpaired) electrons. The molecule has 1 saturated carbocycles. The minimum Gasteiger partial charge on any atom is -0.351 e. The lowest BCUT2D eigenvalue weighted by Gasteiger charge is -2.09. The van der Waals surface area contributed by atoms with Crippen LogP contribution in [0.3, 0.4) is 0 Å². The van der Waals surface area contributed by atoms with Crippen LogP contribution in [0.25, 0.3) is 0 Å². The van der Waals surface area contributed by atoms with Crippen molar-refractivity contribution in [3.05, 3.63) is 34.6 Å². The van der Waals surface area contributed by atoms with Gasteiger partial charge in [0.05, 0.1) is 6.54 Å². The van der Waals surface area contributed by atoms with Crippen LogP contribution in [-0.2, 0) is 11.3 Å². The standard InChI is InChI=1S/C15H21FN2O/c1-10-5-13(6-11(2)15(10)16)8-18-14(19)9-17-7-12-3-4-12/h5-6,12,17H,3-4,7-9H2,1-2H3,(H,18,19). The molecular weight excluding hydrogens is 243 g/mol. The Morgan fingerprint density at radius 2 is 1.95 bits per heavy atom. The minimum absolute atomic E-state index is 0.0136. The van der Waals surface area contributed by atoms with E-state index in [0.717, 1.165) is 18.0 Å². The van der Waals surface area contributed by atoms with Gasteiger partial charge in [0.25, 0.3) is 0 Å². The lowest BCUT2D eigenvalue weighted by atomic mass is 10.1. The number of aryl methyl sites for hydroxylation is 2. The van der Waals surface area contributed by atoms with Crippen molar-refractivity contribution in [1.82, 2.24) is 10.6 Å². The van der Waals surface area contributed by atoms with E-state index in [0.29, 0.717) is 24.2 Å². The summed E-state index contributed by atoms with van der Waals surface area (Å²) in [6, 6.07) is 3.56. The number of carbonyl (C=O) groups is 1. The monoisotopic (exact) mass is 264 g/mol. The molecule has 3 nitrogen and oxygen atoms in total. The number of nitrogens with one attached hydrogen (secondary N) is 2. The Hall–Kier alpha value is -1.42. The predicted molar refractivity (Wildman–Crippen MR) is 73.3 cm³/mol. The third kappa shape index (κ3) is 4.31. The van der Waals surface area contributed by atoms with Gasteiger partial charge in [0.2, 0.25) is 5.91 Å². The Bertz CT molecular complexity index is 446. The van der Waals surface area contributed by atoms with E-state index in [-0.39, 0.29) is 11.7 Å². The largest absolute Gasteiger partial charge is 0.351 e. The summed E-state index contributed by atoms with van der Waals surface area (Å²) in [6.07, 6.45) is 2.56. The third-order valence-electron chi connectivity index (χ3n) is 3.40. The van der Waals surface area contributed by atoms with E-state index >= 15 is 0 Å². The highest BCUT2D eigenvalue weighted by Crippen LogP contribution is 2.27. The third-order valence-corrected chi connectivity index (χ3v) is 3.40. The summed E-state index contributed by atoms with van der Waals surface area (Å²) < 4.78 is 13.5. The second-order valence-electron chi connectivity index (χ2n) is 5.39. The molecule has 0 heterocycles. The normalized spacial score (nSPS) is 14.5. The van der Waals surface area contributed by atoms with Crippen LogP contribution in [0.2, 0.25) is 0 Å². The molecule has 0 saturated heterocycles. The Kier molecular flexibility index (Phi) is 4.53. The van der Waals surface area contributed by atoms with Crippen LogP contribution in [0.4, 0.5) is 4.39 Å². The SMILES string of the molecule is Cc1cc(CNC(=O)CNCC2CC2)cc(C)c1F. The summed E-state index contributed by atoms with van der Waals surface area (Å²) in [4.78, 5) is 11.6. The van der Waals surface area contributed by atoms with Gasteiger partial charge >= 0.3 is 0 Å². The number of hydrogen-bond donors (Lipinski definition) is 2. The lowest BCUT2D eigenvalue weighted by Crippen LogP contribution is -2.34. The smallest absolute Gasteiger partial charge is 0.234 e. The van der Waals surface area contributed by atoms with E-state index in [4.69, 9.17) is 0 Å². The molecule has 1 aromatic rings. The number of carbonyl (C=O) groups excluding carboxylic acids is 1. The van der Waals surface area contributed by atoms with Crippen LogP contribution in [0.1, 0.15) is 29.5 Å². The molecule has 0 spiro atoms. The van der Waals surface area contributed by atoms with E-state index in [1.165, 1.54) is 12.8 Å². The Balaban J connectivity index is 1.75. The summed E-state index contributed by atoms with van der Waals surface area (Å²) in [6.45, 7) is 5.22. The quantitative estimate of drug-likeness (QED) is 0.825. The van der Waals surface area contributed by atoms with Gasteiger partial charge in [-0.1, -0.05) is 12.1 Å². The molecule has 1 aliphatic carbocycles. The van der Waals surface area contributed by atoms with Gasteiger partial charge in [0, 0.05) is 6.54 Å². The summed E-state index contributed by atoms with van der Waals surface area (Å²) in [5.41, 5.74) is 2.18. The maximum absolute atomic E-state index is 13.5. The van der Waals surface area contributed by atoms with E-state index in [2.05, 4.69) is 10.6 Å². The molecule has 1 amide bonds. The van der Waals surface area contributed by atoms with Crippen molar-refractivity contribution >= 4 is 5.91 Å². The number of halogens is 1. The van der Waals surface area contributed by atoms with Crippen LogP contribution in [-0.4, -0.2) is 19.0 Å². The van der Waals surface area contributed by atoms with Crippen LogP contribution < -0.4 is 10.6 Å². The Morgan fingerprint density at radius 3 is 2.53 bits per heavy atom. The molecule has 1 fully saturated rings. The molecule has 104 valence electrons. The highest BCUT2D eigenvalue weighted by molar-refractivity contribution is 5.77. The second-order valence-corrected chi connectivity index (χ2v) is 5.39. The summed E-state index contributed by atoms with van der Waals surface area (Å²) in [5, 5.41) is 5.99. The van der Waals surface area contributed by atoms with E-state index in [1.807, 2.05) is 0 Å². The highest BCUT2D eigenvalue weighted by Gasteiger charge is 2.20. The molecule has 1 aliphatic rings. The van der Waals surface area contributed by atoms with Gasteiger partial charge in [-0.2, -0.15) is 0 Å². The lowest BCUT2D eigenvalue weighted by molar-refractivity contribution is -0.120. The van der Waals surface area contributed by atoms with E-state index in [1.54, 1.807) is 26.0 Å². The van der Waals surface area contributed by atoms with E-state index in [9.17, 15) is 9.18 Å². The van der Waals surface area contributed by atoms with Gasteiger partial charge in [0.15, 0.2) is 0 Å². The van der Waals surface area contributed by atoms with Crippen LogP contribution in [0.5, 0.6) is 0 Å². The van der Waals surface area contributed by atoms with Crippen molar-refractivity contribution < 1.29 is 9.18 Å². The number of benzene rings is 1. The van der Waals surface area contributed by atoms with Crippen molar-refractivity contribution in [3.8, 4) is 0 Å². The van der Waals surface area contributed by atoms with Gasteiger partial charge in [-0.05, 0) is 55.8 Å². The molecule has 4 heteroatoms. The summed E-state index contributed by atoms with van der Waals surface area (Å²) in [5.74, 6) is 0.594. The molecule has 0 atom stereocenters. The number of rotatable bonds is 6. The van der Waals surface area contributed by atoms with Crippen LogP contribution in [0.15, 0.2) is 12.1 Å². The van der Waals surface area contributed by atoms with Crippen molar-refractivity contribution in [2.24, 2.45) is 5.92 Å². The zero-order chi connectivity index (χ0) is 13.8. The number of amides is 1. The Morgan fingerprint density at radius 1 is 1.32 bits per heavy atom. The van der Waals surface area contributed by atoms with Crippen molar-refractivity contribution in [3.63, 3.8) is 0 Å². The molecule has 2 rings (SSSR count). The van der Waals surface area contributed by atoms with Crippen molar-refractivity contribution in [2.45, 2.75) is 33.2 Å². The van der Waals surface area contributed by atoms with Gasteiger partial charge in [0.1, 0.15) is 5.82 Å². The molecule has 0 unspecified atom stereocenters. The Labute approximate surface area is 113 Å². The molecule has 1 aromatic carbocycles. The predicted octanol–water partition coefficient (Wildman–Crippen LogP) is 2.06. The second kappa shape index (κ2) is 6.15. The maximum Gasteiger partial charge on any atom is 0.234 e. The average molecular weight is 264 g/mol. The fourth-order valence-electron chi connectivity index (χ4n) is 2.11. The first-order valence-electron chi connectivity index (χ1n) is 6.79. The van der Waals surface area contributed by atoms with Crippen molar-refractivity contribution in [2.75, 3.05) is 13.1 Å². The fourth-order valence-corrected chi connectivity index (χ4v) is 2.11. The van der Waals surface area contributed by atoms with Gasteiger partial charge in [-0.25, -0.2) is 4.39 Å². The molecule has 0 aromatic heterocycles. The summed E-state index contributed by atoms with van der Waals surface area (Å²) >= 11 is 0. The first-order chi connectivity index (χ1) is 9.06. The minimum atomic E-state index is -0.166. The zero-order valence-electron chi connectivity index (χ0n) is 11.6. The molecule has 0 bridgehead atoms. The highest BCUT2D eigenvalue weighted by atomic mass is 19.1. The molecular formula is C15H21FN2O. The first kappa shape index (κ1) is 14.0.